The zero-order chi connectivity index (χ0) is 19.8. The average molecular weight is 394 g/mol. The van der Waals surface area contributed by atoms with Gasteiger partial charge in [0.05, 0.1) is 11.0 Å². The molecule has 2 heterocycles. The lowest BCUT2D eigenvalue weighted by atomic mass is 9.99. The molecule has 9 nitrogen and oxygen atoms in total. The van der Waals surface area contributed by atoms with E-state index in [1.54, 1.807) is 13.0 Å². The van der Waals surface area contributed by atoms with Crippen LogP contribution in [0.1, 0.15) is 23.8 Å². The van der Waals surface area contributed by atoms with E-state index < -0.39 is 22.2 Å². The van der Waals surface area contributed by atoms with E-state index in [0.717, 1.165) is 11.1 Å². The van der Waals surface area contributed by atoms with E-state index in [-0.39, 0.29) is 23.2 Å². The molecule has 0 bridgehead atoms. The van der Waals surface area contributed by atoms with Gasteiger partial charge < -0.3 is 20.3 Å². The Hall–Kier alpha value is -2.43. The van der Waals surface area contributed by atoms with Gasteiger partial charge in [-0.3, -0.25) is 9.52 Å². The summed E-state index contributed by atoms with van der Waals surface area (Å²) in [6.07, 6.45) is -0.371. The molecular formula is C17H22N4O5S. The number of aryl methyl sites for hydroxylation is 1. The van der Waals surface area contributed by atoms with Crippen molar-refractivity contribution in [2.24, 2.45) is 5.73 Å². The van der Waals surface area contributed by atoms with Crippen molar-refractivity contribution in [3.63, 3.8) is 0 Å². The molecule has 2 atom stereocenters. The summed E-state index contributed by atoms with van der Waals surface area (Å²) in [5, 5.41) is 13.2. The first-order valence-electron chi connectivity index (χ1n) is 8.48. The molecule has 0 unspecified atom stereocenters. The van der Waals surface area contributed by atoms with Gasteiger partial charge >= 0.3 is 0 Å². The third kappa shape index (κ3) is 4.12. The van der Waals surface area contributed by atoms with Crippen molar-refractivity contribution in [2.75, 3.05) is 11.3 Å². The summed E-state index contributed by atoms with van der Waals surface area (Å²) in [6, 6.07) is 5.28. The first kappa shape index (κ1) is 19.3. The summed E-state index contributed by atoms with van der Waals surface area (Å²) < 4.78 is 32.4. The molecule has 1 aromatic heterocycles. The number of sulfonamides is 1. The average Bonchev–Trinajstić information content (AvgIpc) is 3.03. The number of nitrogens with two attached hydrogens (primary N) is 1. The number of aliphatic hydroxyl groups is 1. The number of hydrogen-bond acceptors (Lipinski definition) is 7. The predicted octanol–water partition coefficient (Wildman–Crippen LogP) is 0.377. The van der Waals surface area contributed by atoms with Crippen molar-refractivity contribution in [1.82, 2.24) is 10.1 Å². The SMILES string of the molecule is Cc1cc(NS(=O)(=O)c2ccc3c(c2)CN(C(=O)[C@@H](N)[C@@H](C)O)CC3)no1. The molecule has 1 amide bonds. The van der Waals surface area contributed by atoms with Crippen molar-refractivity contribution in [1.29, 1.82) is 0 Å². The van der Waals surface area contributed by atoms with Crippen LogP contribution in [0, 0.1) is 6.92 Å². The first-order valence-corrected chi connectivity index (χ1v) is 9.96. The molecule has 1 aliphatic heterocycles. The minimum atomic E-state index is -3.84. The zero-order valence-corrected chi connectivity index (χ0v) is 15.9. The van der Waals surface area contributed by atoms with Crippen LogP contribution < -0.4 is 10.5 Å². The number of aliphatic hydroxyl groups excluding tert-OH is 1. The first-order chi connectivity index (χ1) is 12.7. The van der Waals surface area contributed by atoms with Crippen molar-refractivity contribution in [2.45, 2.75) is 43.9 Å². The molecule has 0 radical (unpaired) electrons. The van der Waals surface area contributed by atoms with Crippen LogP contribution in [0.25, 0.3) is 0 Å². The third-order valence-corrected chi connectivity index (χ3v) is 5.84. The lowest BCUT2D eigenvalue weighted by Crippen LogP contribution is -2.50. The second-order valence-electron chi connectivity index (χ2n) is 6.63. The summed E-state index contributed by atoms with van der Waals surface area (Å²) in [6.45, 7) is 3.82. The molecule has 0 saturated heterocycles. The Morgan fingerprint density at radius 2 is 2.11 bits per heavy atom. The number of fused-ring (bicyclic) bond motifs is 1. The van der Waals surface area contributed by atoms with Gasteiger partial charge in [-0.1, -0.05) is 11.2 Å². The minimum Gasteiger partial charge on any atom is -0.391 e. The second kappa shape index (κ2) is 7.29. The monoisotopic (exact) mass is 394 g/mol. The zero-order valence-electron chi connectivity index (χ0n) is 15.0. The van der Waals surface area contributed by atoms with Crippen LogP contribution in [-0.2, 0) is 27.8 Å². The molecule has 3 rings (SSSR count). The molecule has 2 aromatic rings. The van der Waals surface area contributed by atoms with Gasteiger partial charge in [0, 0.05) is 19.2 Å². The van der Waals surface area contributed by atoms with Crippen molar-refractivity contribution < 1.29 is 22.8 Å². The number of benzene rings is 1. The van der Waals surface area contributed by atoms with Crippen LogP contribution in [0.15, 0.2) is 33.7 Å². The molecule has 4 N–H and O–H groups in total. The smallest absolute Gasteiger partial charge is 0.263 e. The third-order valence-electron chi connectivity index (χ3n) is 4.48. The van der Waals surface area contributed by atoms with E-state index >= 15 is 0 Å². The summed E-state index contributed by atoms with van der Waals surface area (Å²) in [7, 11) is -3.84. The lowest BCUT2D eigenvalue weighted by molar-refractivity contribution is -0.135. The van der Waals surface area contributed by atoms with E-state index in [4.69, 9.17) is 10.3 Å². The molecule has 1 aromatic carbocycles. The fourth-order valence-electron chi connectivity index (χ4n) is 2.92. The van der Waals surface area contributed by atoms with Crippen LogP contribution in [0.2, 0.25) is 0 Å². The Balaban J connectivity index is 1.82. The number of carbonyl (C=O) groups is 1. The number of nitrogens with zero attached hydrogens (tertiary/aromatic N) is 2. The van der Waals surface area contributed by atoms with Gasteiger partial charge in [-0.05, 0) is 43.5 Å². The summed E-state index contributed by atoms with van der Waals surface area (Å²) in [5.74, 6) is 0.229. The predicted molar refractivity (Wildman–Crippen MR) is 97.3 cm³/mol. The van der Waals surface area contributed by atoms with E-state index in [2.05, 4.69) is 9.88 Å². The fraction of sp³-hybridized carbons (Fsp3) is 0.412. The lowest BCUT2D eigenvalue weighted by Gasteiger charge is -2.31. The highest BCUT2D eigenvalue weighted by Crippen LogP contribution is 2.24. The van der Waals surface area contributed by atoms with Gasteiger partial charge in [-0.2, -0.15) is 0 Å². The second-order valence-corrected chi connectivity index (χ2v) is 8.32. The normalized spacial score (nSPS) is 16.5. The Morgan fingerprint density at radius 3 is 2.74 bits per heavy atom. The highest BCUT2D eigenvalue weighted by molar-refractivity contribution is 7.92. The van der Waals surface area contributed by atoms with Crippen LogP contribution in [0.3, 0.4) is 0 Å². The largest absolute Gasteiger partial charge is 0.391 e. The molecule has 27 heavy (non-hydrogen) atoms. The number of hydrogen-bond donors (Lipinski definition) is 3. The van der Waals surface area contributed by atoms with Crippen LogP contribution >= 0.6 is 0 Å². The molecule has 0 spiro atoms. The molecule has 0 fully saturated rings. The summed E-state index contributed by atoms with van der Waals surface area (Å²) >= 11 is 0. The maximum Gasteiger partial charge on any atom is 0.263 e. The Morgan fingerprint density at radius 1 is 1.37 bits per heavy atom. The van der Waals surface area contributed by atoms with Crippen LogP contribution in [-0.4, -0.2) is 48.2 Å². The molecule has 0 aliphatic carbocycles. The number of amides is 1. The van der Waals surface area contributed by atoms with E-state index in [9.17, 15) is 18.3 Å². The van der Waals surface area contributed by atoms with Crippen LogP contribution in [0.4, 0.5) is 5.82 Å². The highest BCUT2D eigenvalue weighted by atomic mass is 32.2. The van der Waals surface area contributed by atoms with Gasteiger partial charge in [-0.15, -0.1) is 0 Å². The number of aromatic nitrogens is 1. The molecular weight excluding hydrogens is 372 g/mol. The standard InChI is InChI=1S/C17H22N4O5S/c1-10-7-15(19-26-10)20-27(24,25)14-4-3-12-5-6-21(9-13(12)8-14)17(23)16(18)11(2)22/h3-4,7-8,11,16,22H,5-6,9,18H2,1-2H3,(H,19,20)/t11-,16+/m1/s1. The van der Waals surface area contributed by atoms with Gasteiger partial charge in [0.15, 0.2) is 5.82 Å². The maximum absolute atomic E-state index is 12.6. The minimum absolute atomic E-state index is 0.0658. The van der Waals surface area contributed by atoms with Gasteiger partial charge in [0.1, 0.15) is 11.8 Å². The van der Waals surface area contributed by atoms with E-state index in [1.807, 2.05) is 0 Å². The van der Waals surface area contributed by atoms with E-state index in [1.165, 1.54) is 30.0 Å². The Bertz CT molecular complexity index is 954. The summed E-state index contributed by atoms with van der Waals surface area (Å²) in [5.41, 5.74) is 7.44. The quantitative estimate of drug-likeness (QED) is 0.666. The summed E-state index contributed by atoms with van der Waals surface area (Å²) in [4.78, 5) is 14.0. The molecule has 1 aliphatic rings. The van der Waals surface area contributed by atoms with Crippen molar-refractivity contribution >= 4 is 21.7 Å². The Labute approximate surface area is 157 Å². The molecule has 0 saturated carbocycles. The number of nitrogens with one attached hydrogen (secondary N) is 1. The Kier molecular flexibility index (Phi) is 5.22. The van der Waals surface area contributed by atoms with Gasteiger partial charge in [0.25, 0.3) is 10.0 Å². The van der Waals surface area contributed by atoms with Gasteiger partial charge in [0.2, 0.25) is 5.91 Å². The molecule has 10 heteroatoms. The topological polar surface area (TPSA) is 139 Å². The highest BCUT2D eigenvalue weighted by Gasteiger charge is 2.28. The number of rotatable bonds is 5. The molecule has 146 valence electrons. The number of carbonyl (C=O) groups excluding carboxylic acids is 1. The van der Waals surface area contributed by atoms with E-state index in [0.29, 0.717) is 18.7 Å². The van der Waals surface area contributed by atoms with Crippen molar-refractivity contribution in [3.8, 4) is 0 Å². The fourth-order valence-corrected chi connectivity index (χ4v) is 3.95. The van der Waals surface area contributed by atoms with Crippen molar-refractivity contribution in [3.05, 3.63) is 41.2 Å². The maximum atomic E-state index is 12.6. The number of anilines is 1. The van der Waals surface area contributed by atoms with Gasteiger partial charge in [-0.25, -0.2) is 8.42 Å². The van der Waals surface area contributed by atoms with Crippen LogP contribution in [0.5, 0.6) is 0 Å².